The third kappa shape index (κ3) is 2.84. The highest BCUT2D eigenvalue weighted by Gasteiger charge is 2.18. The highest BCUT2D eigenvalue weighted by molar-refractivity contribution is 5.81. The highest BCUT2D eigenvalue weighted by Crippen LogP contribution is 2.13. The van der Waals surface area contributed by atoms with Crippen molar-refractivity contribution >= 4 is 5.91 Å². The number of rotatable bonds is 4. The van der Waals surface area contributed by atoms with E-state index in [4.69, 9.17) is 9.68 Å². The summed E-state index contributed by atoms with van der Waals surface area (Å²) in [5, 5.41) is 11.4. The van der Waals surface area contributed by atoms with Crippen molar-refractivity contribution < 1.29 is 9.21 Å². The Morgan fingerprint density at radius 3 is 2.93 bits per heavy atom. The maximum Gasteiger partial charge on any atom is 0.237 e. The molecule has 1 N–H and O–H groups in total. The number of hydrogen-bond donors (Lipinski definition) is 1. The summed E-state index contributed by atoms with van der Waals surface area (Å²) in [6.07, 6.45) is 2.08. The molecule has 1 aromatic heterocycles. The Morgan fingerprint density at radius 1 is 1.73 bits per heavy atom. The van der Waals surface area contributed by atoms with E-state index in [0.29, 0.717) is 12.2 Å². The van der Waals surface area contributed by atoms with E-state index in [1.165, 1.54) is 0 Å². The lowest BCUT2D eigenvalue weighted by Crippen LogP contribution is -2.31. The summed E-state index contributed by atoms with van der Waals surface area (Å²) in [6.45, 7) is 3.63. The van der Waals surface area contributed by atoms with Crippen molar-refractivity contribution in [3.8, 4) is 6.07 Å². The standard InChI is InChI=1S/C11H14N2O2/c1-3-9(7-12)11(14)13-8(2)10-5-4-6-15-10/h4-6,8-9H,3H2,1-2H3,(H,13,14). The van der Waals surface area contributed by atoms with Gasteiger partial charge >= 0.3 is 0 Å². The summed E-state index contributed by atoms with van der Waals surface area (Å²) in [5.74, 6) is -0.137. The zero-order valence-electron chi connectivity index (χ0n) is 8.86. The van der Waals surface area contributed by atoms with Gasteiger partial charge in [-0.05, 0) is 25.5 Å². The van der Waals surface area contributed by atoms with E-state index < -0.39 is 5.92 Å². The van der Waals surface area contributed by atoms with Gasteiger partial charge in [0.05, 0.1) is 18.4 Å². The van der Waals surface area contributed by atoms with E-state index in [2.05, 4.69) is 5.32 Å². The molecule has 0 saturated heterocycles. The number of hydrogen-bond acceptors (Lipinski definition) is 3. The van der Waals surface area contributed by atoms with Crippen LogP contribution in [0.25, 0.3) is 0 Å². The van der Waals surface area contributed by atoms with Crippen LogP contribution < -0.4 is 5.32 Å². The van der Waals surface area contributed by atoms with E-state index >= 15 is 0 Å². The van der Waals surface area contributed by atoms with Crippen LogP contribution in [-0.2, 0) is 4.79 Å². The second-order valence-electron chi connectivity index (χ2n) is 3.34. The molecule has 0 aromatic carbocycles. The molecule has 1 amide bonds. The average Bonchev–Trinajstić information content (AvgIpc) is 2.72. The molecule has 0 radical (unpaired) electrons. The predicted octanol–water partition coefficient (Wildman–Crippen LogP) is 2.01. The SMILES string of the molecule is CCC(C#N)C(=O)NC(C)c1ccco1. The van der Waals surface area contributed by atoms with Crippen molar-refractivity contribution in [2.24, 2.45) is 5.92 Å². The summed E-state index contributed by atoms with van der Waals surface area (Å²) in [7, 11) is 0. The molecule has 4 heteroatoms. The monoisotopic (exact) mass is 206 g/mol. The number of furan rings is 1. The summed E-state index contributed by atoms with van der Waals surface area (Å²) < 4.78 is 5.15. The van der Waals surface area contributed by atoms with Crippen molar-refractivity contribution in [1.29, 1.82) is 5.26 Å². The van der Waals surface area contributed by atoms with Gasteiger partial charge in [0.25, 0.3) is 0 Å². The van der Waals surface area contributed by atoms with Gasteiger partial charge in [0.1, 0.15) is 11.7 Å². The Kier molecular flexibility index (Phi) is 3.92. The molecule has 15 heavy (non-hydrogen) atoms. The number of nitrogens with zero attached hydrogens (tertiary/aromatic N) is 1. The van der Waals surface area contributed by atoms with Crippen LogP contribution in [0.5, 0.6) is 0 Å². The maximum atomic E-state index is 11.5. The normalized spacial score (nSPS) is 13.9. The molecular formula is C11H14N2O2. The van der Waals surface area contributed by atoms with Gasteiger partial charge < -0.3 is 9.73 Å². The topological polar surface area (TPSA) is 66.0 Å². The molecule has 0 aliphatic heterocycles. The quantitative estimate of drug-likeness (QED) is 0.819. The first kappa shape index (κ1) is 11.3. The van der Waals surface area contributed by atoms with Crippen molar-refractivity contribution in [1.82, 2.24) is 5.32 Å². The van der Waals surface area contributed by atoms with Gasteiger partial charge in [0.2, 0.25) is 5.91 Å². The largest absolute Gasteiger partial charge is 0.467 e. The van der Waals surface area contributed by atoms with Crippen molar-refractivity contribution in [3.63, 3.8) is 0 Å². The Bertz CT molecular complexity index is 351. The molecule has 4 nitrogen and oxygen atoms in total. The van der Waals surface area contributed by atoms with Gasteiger partial charge in [-0.25, -0.2) is 0 Å². The third-order valence-electron chi connectivity index (χ3n) is 2.21. The fourth-order valence-corrected chi connectivity index (χ4v) is 1.26. The van der Waals surface area contributed by atoms with Crippen LogP contribution in [0.15, 0.2) is 22.8 Å². The highest BCUT2D eigenvalue weighted by atomic mass is 16.3. The minimum absolute atomic E-state index is 0.199. The number of amides is 1. The maximum absolute atomic E-state index is 11.5. The van der Waals surface area contributed by atoms with Gasteiger partial charge in [0.15, 0.2) is 0 Å². The lowest BCUT2D eigenvalue weighted by atomic mass is 10.1. The van der Waals surface area contributed by atoms with E-state index in [0.717, 1.165) is 0 Å². The smallest absolute Gasteiger partial charge is 0.237 e. The Labute approximate surface area is 88.9 Å². The fraction of sp³-hybridized carbons (Fsp3) is 0.455. The summed E-state index contributed by atoms with van der Waals surface area (Å²) >= 11 is 0. The second-order valence-corrected chi connectivity index (χ2v) is 3.34. The third-order valence-corrected chi connectivity index (χ3v) is 2.21. The van der Waals surface area contributed by atoms with Crippen LogP contribution in [0.4, 0.5) is 0 Å². The fourth-order valence-electron chi connectivity index (χ4n) is 1.26. The van der Waals surface area contributed by atoms with Gasteiger partial charge in [-0.15, -0.1) is 0 Å². The van der Waals surface area contributed by atoms with E-state index in [9.17, 15) is 4.79 Å². The number of carbonyl (C=O) groups excluding carboxylic acids is 1. The molecule has 0 aliphatic rings. The zero-order valence-corrected chi connectivity index (χ0v) is 8.86. The molecule has 0 bridgehead atoms. The van der Waals surface area contributed by atoms with E-state index in [-0.39, 0.29) is 11.9 Å². The van der Waals surface area contributed by atoms with Crippen molar-refractivity contribution in [2.75, 3.05) is 0 Å². The summed E-state index contributed by atoms with van der Waals surface area (Å²) in [4.78, 5) is 11.5. The van der Waals surface area contributed by atoms with Crippen molar-refractivity contribution in [3.05, 3.63) is 24.2 Å². The number of carbonyl (C=O) groups is 1. The van der Waals surface area contributed by atoms with Gasteiger partial charge in [0, 0.05) is 0 Å². The van der Waals surface area contributed by atoms with Crippen LogP contribution in [0, 0.1) is 17.2 Å². The van der Waals surface area contributed by atoms with E-state index in [1.807, 2.05) is 19.9 Å². The average molecular weight is 206 g/mol. The molecule has 1 aromatic rings. The molecule has 0 fully saturated rings. The van der Waals surface area contributed by atoms with Gasteiger partial charge in [-0.3, -0.25) is 4.79 Å². The second kappa shape index (κ2) is 5.20. The van der Waals surface area contributed by atoms with Crippen LogP contribution in [0.3, 0.4) is 0 Å². The minimum atomic E-state index is -0.581. The van der Waals surface area contributed by atoms with Crippen molar-refractivity contribution in [2.45, 2.75) is 26.3 Å². The first-order valence-corrected chi connectivity index (χ1v) is 4.92. The van der Waals surface area contributed by atoms with Gasteiger partial charge in [-0.2, -0.15) is 5.26 Å². The summed E-state index contributed by atoms with van der Waals surface area (Å²) in [6, 6.07) is 5.31. The lowest BCUT2D eigenvalue weighted by molar-refractivity contribution is -0.124. The molecule has 1 heterocycles. The van der Waals surface area contributed by atoms with Gasteiger partial charge in [-0.1, -0.05) is 6.92 Å². The molecule has 0 spiro atoms. The first-order chi connectivity index (χ1) is 7.19. The predicted molar refractivity (Wildman–Crippen MR) is 54.7 cm³/mol. The van der Waals surface area contributed by atoms with Crippen LogP contribution in [-0.4, -0.2) is 5.91 Å². The number of nitrogens with one attached hydrogen (secondary N) is 1. The van der Waals surface area contributed by atoms with E-state index in [1.54, 1.807) is 18.4 Å². The molecule has 0 saturated carbocycles. The molecule has 0 aliphatic carbocycles. The molecule has 2 atom stereocenters. The Hall–Kier alpha value is -1.76. The molecule has 1 rings (SSSR count). The van der Waals surface area contributed by atoms with Crippen LogP contribution in [0.1, 0.15) is 32.1 Å². The zero-order chi connectivity index (χ0) is 11.3. The van der Waals surface area contributed by atoms with Crippen LogP contribution in [0.2, 0.25) is 0 Å². The Morgan fingerprint density at radius 2 is 2.47 bits per heavy atom. The molecule has 80 valence electrons. The summed E-state index contributed by atoms with van der Waals surface area (Å²) in [5.41, 5.74) is 0. The molecule has 2 unspecified atom stereocenters. The first-order valence-electron chi connectivity index (χ1n) is 4.92. The lowest BCUT2D eigenvalue weighted by Gasteiger charge is -2.13. The molecular weight excluding hydrogens is 192 g/mol. The van der Waals surface area contributed by atoms with Crippen LogP contribution >= 0.6 is 0 Å². The minimum Gasteiger partial charge on any atom is -0.467 e. The Balaban J connectivity index is 2.56. The number of nitriles is 1.